The number of allylic oxidation sites excluding steroid dienone is 9. The SMILES string of the molecule is CCCCC/C=C\C/C=C\CCCCCCCCCCCC(=O)OCCCCCCCCCCCCCCCCC/C=C\C/C=C\CCCCCCCCCCCCCCCCCCCC(=O)NC(CO)C(O)/C=C/CCCCCCCCCCCCCCCCCCCCCCCC. The van der Waals surface area contributed by atoms with Crippen molar-refractivity contribution in [2.45, 2.75) is 508 Å². The maximum atomic E-state index is 12.6. The minimum atomic E-state index is -0.845. The molecule has 1 amide bonds. The fraction of sp³-hybridized carbons (Fsp3) is 0.871. The molecule has 0 aromatic heterocycles. The quantitative estimate of drug-likeness (QED) is 0.0320. The largest absolute Gasteiger partial charge is 0.466 e. The van der Waals surface area contributed by atoms with Crippen molar-refractivity contribution in [3.8, 4) is 0 Å². The van der Waals surface area contributed by atoms with Crippen LogP contribution in [0.4, 0.5) is 0 Å². The lowest BCUT2D eigenvalue weighted by atomic mass is 10.0. The number of hydrogen-bond donors (Lipinski definition) is 3. The Morgan fingerprint density at radius 2 is 0.505 bits per heavy atom. The van der Waals surface area contributed by atoms with Gasteiger partial charge in [-0.15, -0.1) is 0 Å². The first-order valence-electron chi connectivity index (χ1n) is 45.1. The molecule has 0 fully saturated rings. The zero-order valence-electron chi connectivity index (χ0n) is 67.0. The van der Waals surface area contributed by atoms with Gasteiger partial charge in [0, 0.05) is 12.8 Å². The number of hydrogen-bond acceptors (Lipinski definition) is 5. The third-order valence-corrected chi connectivity index (χ3v) is 21.0. The van der Waals surface area contributed by atoms with Gasteiger partial charge in [-0.25, -0.2) is 0 Å². The number of aliphatic hydroxyl groups excluding tert-OH is 2. The van der Waals surface area contributed by atoms with E-state index in [-0.39, 0.29) is 18.5 Å². The molecule has 0 saturated heterocycles. The number of ether oxygens (including phenoxy) is 1. The van der Waals surface area contributed by atoms with Crippen molar-refractivity contribution in [2.75, 3.05) is 13.2 Å². The highest BCUT2D eigenvalue weighted by Crippen LogP contribution is 2.20. The van der Waals surface area contributed by atoms with Crippen molar-refractivity contribution in [3.05, 3.63) is 60.8 Å². The fourth-order valence-electron chi connectivity index (χ4n) is 14.2. The van der Waals surface area contributed by atoms with Gasteiger partial charge in [0.2, 0.25) is 5.91 Å². The van der Waals surface area contributed by atoms with Crippen LogP contribution >= 0.6 is 0 Å². The lowest BCUT2D eigenvalue weighted by molar-refractivity contribution is -0.143. The van der Waals surface area contributed by atoms with Crippen LogP contribution in [0.15, 0.2) is 60.8 Å². The van der Waals surface area contributed by atoms with Crippen molar-refractivity contribution < 1.29 is 24.5 Å². The van der Waals surface area contributed by atoms with Gasteiger partial charge in [-0.2, -0.15) is 0 Å². The molecular weight excluding hydrogens is 1210 g/mol. The van der Waals surface area contributed by atoms with Crippen LogP contribution in [0.3, 0.4) is 0 Å². The van der Waals surface area contributed by atoms with Gasteiger partial charge in [0.25, 0.3) is 0 Å². The number of aliphatic hydroxyl groups is 2. The van der Waals surface area contributed by atoms with Gasteiger partial charge in [0.1, 0.15) is 0 Å². The molecule has 0 heterocycles. The third kappa shape index (κ3) is 84.4. The summed E-state index contributed by atoms with van der Waals surface area (Å²) in [6, 6.07) is -0.628. The van der Waals surface area contributed by atoms with Crippen LogP contribution in [0.5, 0.6) is 0 Å². The summed E-state index contributed by atoms with van der Waals surface area (Å²) in [5.41, 5.74) is 0. The monoisotopic (exact) mass is 1390 g/mol. The van der Waals surface area contributed by atoms with Crippen LogP contribution in [-0.2, 0) is 14.3 Å². The molecule has 99 heavy (non-hydrogen) atoms. The maximum absolute atomic E-state index is 12.6. The zero-order valence-corrected chi connectivity index (χ0v) is 67.0. The lowest BCUT2D eigenvalue weighted by Crippen LogP contribution is -2.45. The summed E-state index contributed by atoms with van der Waals surface area (Å²) in [6.07, 6.45) is 120. The normalized spacial score (nSPS) is 12.7. The lowest BCUT2D eigenvalue weighted by Gasteiger charge is -2.20. The minimum Gasteiger partial charge on any atom is -0.466 e. The Labute approximate surface area is 619 Å². The molecule has 0 radical (unpaired) electrons. The molecule has 0 bridgehead atoms. The molecule has 0 aromatic rings. The predicted octanol–water partition coefficient (Wildman–Crippen LogP) is 30.4. The van der Waals surface area contributed by atoms with Gasteiger partial charge in [0.15, 0.2) is 0 Å². The van der Waals surface area contributed by atoms with Crippen molar-refractivity contribution in [1.29, 1.82) is 0 Å². The molecule has 3 N–H and O–H groups in total. The van der Waals surface area contributed by atoms with Crippen molar-refractivity contribution >= 4 is 11.9 Å². The van der Waals surface area contributed by atoms with Crippen molar-refractivity contribution in [2.24, 2.45) is 0 Å². The highest BCUT2D eigenvalue weighted by atomic mass is 16.5. The van der Waals surface area contributed by atoms with Gasteiger partial charge in [0.05, 0.1) is 25.4 Å². The van der Waals surface area contributed by atoms with Gasteiger partial charge >= 0.3 is 5.97 Å². The summed E-state index contributed by atoms with van der Waals surface area (Å²) in [5.74, 6) is -0.0429. The Kier molecular flexibility index (Phi) is 85.8. The maximum Gasteiger partial charge on any atom is 0.305 e. The van der Waals surface area contributed by atoms with E-state index >= 15 is 0 Å². The Balaban J connectivity index is 3.37. The Hall–Kier alpha value is -2.44. The standard InChI is InChI=1S/C93H175NO5/c1-3-5-7-9-11-13-15-17-19-21-23-24-25-43-46-50-53-57-61-65-69-73-77-81-85-91(96)90(89-95)94-92(97)86-82-78-74-70-66-62-58-54-51-47-44-41-39-37-35-33-31-29-27-26-28-30-32-34-36-38-40-42-45-48-52-56-60-64-68-72-76-80-84-88-99-93(98)87-83-79-75-71-67-63-59-55-49-22-20-18-16-14-12-10-8-6-4-2/h12,14,18,20,26-27,30,32,81,85,90-91,95-96H,3-11,13,15-17,19,21-25,28-29,31,33-80,82-84,86-89H2,1-2H3,(H,94,97)/b14-12-,20-18-,27-26-,32-30-,85-81+. The van der Waals surface area contributed by atoms with Gasteiger partial charge in [-0.1, -0.05) is 447 Å². The van der Waals surface area contributed by atoms with E-state index in [0.717, 1.165) is 57.8 Å². The van der Waals surface area contributed by atoms with E-state index in [0.29, 0.717) is 19.4 Å². The Morgan fingerprint density at radius 1 is 0.283 bits per heavy atom. The van der Waals surface area contributed by atoms with E-state index in [1.807, 2.05) is 6.08 Å². The van der Waals surface area contributed by atoms with Gasteiger partial charge < -0.3 is 20.3 Å². The number of carbonyl (C=O) groups is 2. The average molecular weight is 1390 g/mol. The number of amides is 1. The molecule has 0 aliphatic heterocycles. The summed E-state index contributed by atoms with van der Waals surface area (Å²) >= 11 is 0. The predicted molar refractivity (Wildman–Crippen MR) is 439 cm³/mol. The molecule has 0 rings (SSSR count). The number of nitrogens with one attached hydrogen (secondary N) is 1. The summed E-state index contributed by atoms with van der Waals surface area (Å²) < 4.78 is 5.52. The first-order chi connectivity index (χ1) is 49.0. The molecule has 0 aliphatic rings. The highest BCUT2D eigenvalue weighted by molar-refractivity contribution is 5.76. The third-order valence-electron chi connectivity index (χ3n) is 21.0. The van der Waals surface area contributed by atoms with E-state index in [1.165, 1.54) is 411 Å². The molecule has 582 valence electrons. The second-order valence-corrected chi connectivity index (χ2v) is 30.9. The molecule has 0 spiro atoms. The van der Waals surface area contributed by atoms with Gasteiger partial charge in [-0.3, -0.25) is 9.59 Å². The summed E-state index contributed by atoms with van der Waals surface area (Å²) in [7, 11) is 0. The van der Waals surface area contributed by atoms with Crippen LogP contribution in [0, 0.1) is 0 Å². The molecule has 0 saturated carbocycles. The van der Waals surface area contributed by atoms with Crippen molar-refractivity contribution in [3.63, 3.8) is 0 Å². The van der Waals surface area contributed by atoms with Crippen LogP contribution in [0.25, 0.3) is 0 Å². The van der Waals surface area contributed by atoms with E-state index in [2.05, 4.69) is 67.8 Å². The number of unbranched alkanes of at least 4 members (excludes halogenated alkanes) is 66. The Bertz CT molecular complexity index is 1700. The van der Waals surface area contributed by atoms with Crippen LogP contribution in [0.2, 0.25) is 0 Å². The average Bonchev–Trinajstić information content (AvgIpc) is 2.01. The van der Waals surface area contributed by atoms with Crippen molar-refractivity contribution in [1.82, 2.24) is 5.32 Å². The molecular formula is C93H175NO5. The zero-order chi connectivity index (χ0) is 71.2. The minimum absolute atomic E-state index is 0.0170. The highest BCUT2D eigenvalue weighted by Gasteiger charge is 2.18. The second kappa shape index (κ2) is 88.0. The van der Waals surface area contributed by atoms with E-state index in [1.54, 1.807) is 6.08 Å². The molecule has 0 aliphatic carbocycles. The fourth-order valence-corrected chi connectivity index (χ4v) is 14.2. The first kappa shape index (κ1) is 96.6. The van der Waals surface area contributed by atoms with Crippen LogP contribution in [-0.4, -0.2) is 47.4 Å². The molecule has 2 unspecified atom stereocenters. The first-order valence-corrected chi connectivity index (χ1v) is 45.1. The van der Waals surface area contributed by atoms with E-state index < -0.39 is 12.1 Å². The summed E-state index contributed by atoms with van der Waals surface area (Å²) in [5, 5.41) is 23.3. The van der Waals surface area contributed by atoms with Crippen LogP contribution in [0.1, 0.15) is 495 Å². The summed E-state index contributed by atoms with van der Waals surface area (Å²) in [6.45, 7) is 4.93. The second-order valence-electron chi connectivity index (χ2n) is 30.9. The summed E-state index contributed by atoms with van der Waals surface area (Å²) in [4.78, 5) is 24.7. The molecule has 0 aromatic carbocycles. The van der Waals surface area contributed by atoms with E-state index in [9.17, 15) is 19.8 Å². The number of esters is 1. The van der Waals surface area contributed by atoms with E-state index in [4.69, 9.17) is 4.74 Å². The van der Waals surface area contributed by atoms with Gasteiger partial charge in [-0.05, 0) is 96.3 Å². The Morgan fingerprint density at radius 3 is 0.788 bits per heavy atom. The number of rotatable bonds is 85. The van der Waals surface area contributed by atoms with Crippen LogP contribution < -0.4 is 5.32 Å². The number of carbonyl (C=O) groups excluding carboxylic acids is 2. The smallest absolute Gasteiger partial charge is 0.305 e. The molecule has 6 nitrogen and oxygen atoms in total. The topological polar surface area (TPSA) is 95.9 Å². The molecule has 6 heteroatoms. The molecule has 2 atom stereocenters.